The Hall–Kier alpha value is -2.34. The number of carbonyl (C=O) groups is 1. The zero-order valence-electron chi connectivity index (χ0n) is 12.9. The first-order chi connectivity index (χ1) is 11.7. The monoisotopic (exact) mass is 429 g/mol. The molecule has 3 aromatic rings. The summed E-state index contributed by atoms with van der Waals surface area (Å²) in [7, 11) is 0. The van der Waals surface area contributed by atoms with Crippen LogP contribution in [0.5, 0.6) is 5.75 Å². The summed E-state index contributed by atoms with van der Waals surface area (Å²) in [5, 5.41) is 2.88. The van der Waals surface area contributed by atoms with E-state index in [0.29, 0.717) is 12.2 Å². The Morgan fingerprint density at radius 3 is 2.21 bits per heavy atom. The van der Waals surface area contributed by atoms with Gasteiger partial charge < -0.3 is 10.1 Å². The van der Waals surface area contributed by atoms with Crippen LogP contribution in [-0.4, -0.2) is 5.91 Å². The van der Waals surface area contributed by atoms with E-state index in [2.05, 4.69) is 27.9 Å². The van der Waals surface area contributed by atoms with E-state index in [9.17, 15) is 4.79 Å². The fourth-order valence-corrected chi connectivity index (χ4v) is 2.54. The van der Waals surface area contributed by atoms with Crippen molar-refractivity contribution in [2.24, 2.45) is 0 Å². The Bertz CT molecular complexity index is 799. The van der Waals surface area contributed by atoms with Crippen molar-refractivity contribution in [1.29, 1.82) is 0 Å². The highest BCUT2D eigenvalue weighted by molar-refractivity contribution is 14.1. The first kappa shape index (κ1) is 16.5. The second kappa shape index (κ2) is 7.97. The summed E-state index contributed by atoms with van der Waals surface area (Å²) in [5.41, 5.74) is 2.49. The second-order valence-corrected chi connectivity index (χ2v) is 6.51. The molecule has 3 nitrogen and oxygen atoms in total. The summed E-state index contributed by atoms with van der Waals surface area (Å²) >= 11 is 2.23. The smallest absolute Gasteiger partial charge is 0.255 e. The average molecular weight is 429 g/mol. The Balaban J connectivity index is 1.59. The molecule has 24 heavy (non-hydrogen) atoms. The summed E-state index contributed by atoms with van der Waals surface area (Å²) < 4.78 is 6.86. The number of hydrogen-bond acceptors (Lipinski definition) is 2. The molecule has 0 aliphatic rings. The molecular weight excluding hydrogens is 413 g/mol. The van der Waals surface area contributed by atoms with E-state index in [4.69, 9.17) is 4.74 Å². The maximum absolute atomic E-state index is 12.2. The zero-order valence-corrected chi connectivity index (χ0v) is 15.1. The van der Waals surface area contributed by atoms with Gasteiger partial charge >= 0.3 is 0 Å². The lowest BCUT2D eigenvalue weighted by atomic mass is 10.2. The maximum atomic E-state index is 12.2. The van der Waals surface area contributed by atoms with E-state index in [1.807, 2.05) is 66.7 Å². The lowest BCUT2D eigenvalue weighted by Gasteiger charge is -2.08. The number of amides is 1. The number of carbonyl (C=O) groups excluding carboxylic acids is 1. The molecule has 0 unspecified atom stereocenters. The molecule has 0 atom stereocenters. The molecular formula is C20H16INO2. The SMILES string of the molecule is O=C(Nc1ccc(I)cc1)c1ccc(OCc2ccccc2)cc1. The van der Waals surface area contributed by atoms with Crippen molar-refractivity contribution in [3.63, 3.8) is 0 Å². The third kappa shape index (κ3) is 4.58. The summed E-state index contributed by atoms with van der Waals surface area (Å²) in [4.78, 5) is 12.2. The molecule has 3 aromatic carbocycles. The molecule has 3 rings (SSSR count). The van der Waals surface area contributed by atoms with Gasteiger partial charge in [0.2, 0.25) is 0 Å². The topological polar surface area (TPSA) is 38.3 Å². The molecule has 4 heteroatoms. The molecule has 0 aliphatic carbocycles. The van der Waals surface area contributed by atoms with Crippen LogP contribution in [-0.2, 0) is 6.61 Å². The Labute approximate surface area is 154 Å². The largest absolute Gasteiger partial charge is 0.489 e. The number of ether oxygens (including phenoxy) is 1. The van der Waals surface area contributed by atoms with Gasteiger partial charge in [-0.3, -0.25) is 4.79 Å². The van der Waals surface area contributed by atoms with E-state index >= 15 is 0 Å². The van der Waals surface area contributed by atoms with Crippen LogP contribution in [0.2, 0.25) is 0 Å². The van der Waals surface area contributed by atoms with E-state index in [1.54, 1.807) is 12.1 Å². The number of benzene rings is 3. The van der Waals surface area contributed by atoms with Crippen molar-refractivity contribution in [2.75, 3.05) is 5.32 Å². The van der Waals surface area contributed by atoms with Gasteiger partial charge in [0.05, 0.1) is 0 Å². The highest BCUT2D eigenvalue weighted by atomic mass is 127. The number of anilines is 1. The maximum Gasteiger partial charge on any atom is 0.255 e. The summed E-state index contributed by atoms with van der Waals surface area (Å²) in [6.45, 7) is 0.509. The Kier molecular flexibility index (Phi) is 5.48. The van der Waals surface area contributed by atoms with Gasteiger partial charge in [-0.25, -0.2) is 0 Å². The minimum absolute atomic E-state index is 0.134. The zero-order chi connectivity index (χ0) is 16.8. The summed E-state index contributed by atoms with van der Waals surface area (Å²) in [6, 6.07) is 24.8. The first-order valence-corrected chi connectivity index (χ1v) is 8.62. The van der Waals surface area contributed by atoms with Gasteiger partial charge in [-0.2, -0.15) is 0 Å². The lowest BCUT2D eigenvalue weighted by Crippen LogP contribution is -2.11. The molecule has 0 radical (unpaired) electrons. The third-order valence-electron chi connectivity index (χ3n) is 3.47. The van der Waals surface area contributed by atoms with Crippen molar-refractivity contribution in [3.8, 4) is 5.75 Å². The lowest BCUT2D eigenvalue weighted by molar-refractivity contribution is 0.102. The van der Waals surface area contributed by atoms with E-state index in [1.165, 1.54) is 0 Å². The van der Waals surface area contributed by atoms with Crippen molar-refractivity contribution < 1.29 is 9.53 Å². The summed E-state index contributed by atoms with van der Waals surface area (Å²) in [5.74, 6) is 0.607. The van der Waals surface area contributed by atoms with Gasteiger partial charge in [0, 0.05) is 14.8 Å². The minimum atomic E-state index is -0.134. The van der Waals surface area contributed by atoms with E-state index < -0.39 is 0 Å². The number of hydrogen-bond donors (Lipinski definition) is 1. The number of halogens is 1. The fourth-order valence-electron chi connectivity index (χ4n) is 2.18. The summed E-state index contributed by atoms with van der Waals surface area (Å²) in [6.07, 6.45) is 0. The molecule has 120 valence electrons. The van der Waals surface area contributed by atoms with Gasteiger partial charge in [-0.1, -0.05) is 30.3 Å². The van der Waals surface area contributed by atoms with E-state index in [0.717, 1.165) is 20.6 Å². The van der Waals surface area contributed by atoms with Crippen LogP contribution in [0.3, 0.4) is 0 Å². The predicted octanol–water partition coefficient (Wildman–Crippen LogP) is 5.12. The number of nitrogens with one attached hydrogen (secondary N) is 1. The van der Waals surface area contributed by atoms with Gasteiger partial charge in [-0.15, -0.1) is 0 Å². The highest BCUT2D eigenvalue weighted by Gasteiger charge is 2.06. The van der Waals surface area contributed by atoms with Crippen LogP contribution >= 0.6 is 22.6 Å². The standard InChI is InChI=1S/C20H16INO2/c21-17-8-10-18(11-9-17)22-20(23)16-6-12-19(13-7-16)24-14-15-4-2-1-3-5-15/h1-13H,14H2,(H,22,23). The van der Waals surface area contributed by atoms with Crippen LogP contribution in [0.1, 0.15) is 15.9 Å². The van der Waals surface area contributed by atoms with E-state index in [-0.39, 0.29) is 5.91 Å². The van der Waals surface area contributed by atoms with Crippen molar-refractivity contribution in [3.05, 3.63) is 93.6 Å². The van der Waals surface area contributed by atoms with Gasteiger partial charge in [0.15, 0.2) is 0 Å². The van der Waals surface area contributed by atoms with Gasteiger partial charge in [0.1, 0.15) is 12.4 Å². The first-order valence-electron chi connectivity index (χ1n) is 7.54. The molecule has 0 heterocycles. The van der Waals surface area contributed by atoms with Crippen molar-refractivity contribution >= 4 is 34.2 Å². The van der Waals surface area contributed by atoms with Crippen LogP contribution in [0.15, 0.2) is 78.9 Å². The van der Waals surface area contributed by atoms with Crippen LogP contribution in [0, 0.1) is 3.57 Å². The molecule has 0 saturated heterocycles. The average Bonchev–Trinajstić information content (AvgIpc) is 2.63. The van der Waals surface area contributed by atoms with Crippen molar-refractivity contribution in [1.82, 2.24) is 0 Å². The van der Waals surface area contributed by atoms with Crippen LogP contribution < -0.4 is 10.1 Å². The minimum Gasteiger partial charge on any atom is -0.489 e. The molecule has 0 fully saturated rings. The van der Waals surface area contributed by atoms with Crippen molar-refractivity contribution in [2.45, 2.75) is 6.61 Å². The molecule has 0 aliphatic heterocycles. The third-order valence-corrected chi connectivity index (χ3v) is 4.19. The quantitative estimate of drug-likeness (QED) is 0.572. The molecule has 1 N–H and O–H groups in total. The fraction of sp³-hybridized carbons (Fsp3) is 0.0500. The Morgan fingerprint density at radius 2 is 1.54 bits per heavy atom. The highest BCUT2D eigenvalue weighted by Crippen LogP contribution is 2.16. The normalized spacial score (nSPS) is 10.2. The predicted molar refractivity (Wildman–Crippen MR) is 104 cm³/mol. The van der Waals surface area contributed by atoms with Gasteiger partial charge in [-0.05, 0) is 76.7 Å². The molecule has 0 aromatic heterocycles. The molecule has 0 bridgehead atoms. The Morgan fingerprint density at radius 1 is 0.875 bits per heavy atom. The molecule has 1 amide bonds. The number of rotatable bonds is 5. The van der Waals surface area contributed by atoms with Crippen LogP contribution in [0.25, 0.3) is 0 Å². The van der Waals surface area contributed by atoms with Gasteiger partial charge in [0.25, 0.3) is 5.91 Å². The molecule has 0 spiro atoms. The molecule has 0 saturated carbocycles. The second-order valence-electron chi connectivity index (χ2n) is 5.26. The van der Waals surface area contributed by atoms with Crippen LogP contribution in [0.4, 0.5) is 5.69 Å².